The molecule has 0 aromatic heterocycles. The fraction of sp³-hybridized carbons (Fsp3) is 0.455. The monoisotopic (exact) mass is 322 g/mol. The van der Waals surface area contributed by atoms with Crippen molar-refractivity contribution in [2.24, 2.45) is 0 Å². The largest absolute Gasteiger partial charge is 0.507 e. The van der Waals surface area contributed by atoms with Crippen molar-refractivity contribution in [1.29, 1.82) is 0 Å². The Labute approximate surface area is 103 Å². The van der Waals surface area contributed by atoms with Crippen LogP contribution >= 0.6 is 22.6 Å². The third kappa shape index (κ3) is 2.30. The van der Waals surface area contributed by atoms with Gasteiger partial charge in [0, 0.05) is 11.6 Å². The van der Waals surface area contributed by atoms with E-state index in [2.05, 4.69) is 0 Å². The summed E-state index contributed by atoms with van der Waals surface area (Å²) in [6.07, 6.45) is 0.908. The van der Waals surface area contributed by atoms with Gasteiger partial charge >= 0.3 is 0 Å². The topological polar surface area (TPSA) is 49.7 Å². The zero-order valence-electron chi connectivity index (χ0n) is 9.04. The number of phenolic OH excluding ortho intramolecular Hbond substituents is 2. The number of methoxy groups -OCH3 is 1. The Morgan fingerprint density at radius 2 is 2.07 bits per heavy atom. The highest BCUT2D eigenvalue weighted by Gasteiger charge is 2.20. The lowest BCUT2D eigenvalue weighted by Crippen LogP contribution is -1.98. The third-order valence-corrected chi connectivity index (χ3v) is 3.61. The lowest BCUT2D eigenvalue weighted by molar-refractivity contribution is 0.382. The van der Waals surface area contributed by atoms with E-state index < -0.39 is 0 Å². The van der Waals surface area contributed by atoms with Gasteiger partial charge in [-0.3, -0.25) is 0 Å². The predicted molar refractivity (Wildman–Crippen MR) is 67.7 cm³/mol. The average molecular weight is 322 g/mol. The quantitative estimate of drug-likeness (QED) is 0.840. The highest BCUT2D eigenvalue weighted by Crippen LogP contribution is 2.43. The molecule has 0 saturated heterocycles. The molecule has 0 aliphatic rings. The van der Waals surface area contributed by atoms with E-state index in [1.165, 1.54) is 7.11 Å². The standard InChI is InChI=1S/C11H15IO3/c1-4-6(2)9-8(15-3)5-7(13)10(12)11(9)14/h5-6,13-14H,4H2,1-3H3. The van der Waals surface area contributed by atoms with E-state index in [-0.39, 0.29) is 17.4 Å². The molecule has 0 spiro atoms. The highest BCUT2D eigenvalue weighted by molar-refractivity contribution is 14.1. The number of aromatic hydroxyl groups is 2. The minimum Gasteiger partial charge on any atom is -0.507 e. The molecule has 4 heteroatoms. The van der Waals surface area contributed by atoms with Gasteiger partial charge in [0.25, 0.3) is 0 Å². The molecule has 2 N–H and O–H groups in total. The smallest absolute Gasteiger partial charge is 0.139 e. The highest BCUT2D eigenvalue weighted by atomic mass is 127. The summed E-state index contributed by atoms with van der Waals surface area (Å²) in [7, 11) is 1.53. The van der Waals surface area contributed by atoms with E-state index >= 15 is 0 Å². The average Bonchev–Trinajstić information content (AvgIpc) is 2.24. The van der Waals surface area contributed by atoms with Gasteiger partial charge in [0.2, 0.25) is 0 Å². The molecular weight excluding hydrogens is 307 g/mol. The first-order valence-corrected chi connectivity index (χ1v) is 5.89. The summed E-state index contributed by atoms with van der Waals surface area (Å²) in [5.41, 5.74) is 0.766. The molecule has 0 aliphatic heterocycles. The first-order chi connectivity index (χ1) is 7.02. The van der Waals surface area contributed by atoms with Crippen LogP contribution in [0, 0.1) is 3.57 Å². The van der Waals surface area contributed by atoms with Gasteiger partial charge in [-0.2, -0.15) is 0 Å². The van der Waals surface area contributed by atoms with E-state index in [4.69, 9.17) is 4.74 Å². The van der Waals surface area contributed by atoms with Gasteiger partial charge in [0.05, 0.1) is 10.7 Å². The van der Waals surface area contributed by atoms with E-state index in [1.54, 1.807) is 6.07 Å². The Hall–Kier alpha value is -0.650. The van der Waals surface area contributed by atoms with Crippen molar-refractivity contribution in [3.63, 3.8) is 0 Å². The first kappa shape index (κ1) is 12.4. The van der Waals surface area contributed by atoms with Gasteiger partial charge in [-0.15, -0.1) is 0 Å². The van der Waals surface area contributed by atoms with Gasteiger partial charge in [-0.25, -0.2) is 0 Å². The van der Waals surface area contributed by atoms with Crippen molar-refractivity contribution in [1.82, 2.24) is 0 Å². The fourth-order valence-corrected chi connectivity index (χ4v) is 1.92. The summed E-state index contributed by atoms with van der Waals surface area (Å²) < 4.78 is 5.64. The summed E-state index contributed by atoms with van der Waals surface area (Å²) >= 11 is 1.92. The van der Waals surface area contributed by atoms with Crippen LogP contribution in [-0.2, 0) is 0 Å². The van der Waals surface area contributed by atoms with E-state index in [9.17, 15) is 10.2 Å². The van der Waals surface area contributed by atoms with Crippen molar-refractivity contribution >= 4 is 22.6 Å². The molecule has 0 aliphatic carbocycles. The summed E-state index contributed by atoms with van der Waals surface area (Å²) in [6.45, 7) is 4.06. The van der Waals surface area contributed by atoms with Crippen molar-refractivity contribution in [3.8, 4) is 17.2 Å². The summed E-state index contributed by atoms with van der Waals surface area (Å²) in [4.78, 5) is 0. The van der Waals surface area contributed by atoms with Crippen molar-refractivity contribution < 1.29 is 14.9 Å². The van der Waals surface area contributed by atoms with Gasteiger partial charge in [0.15, 0.2) is 0 Å². The van der Waals surface area contributed by atoms with Crippen LogP contribution in [0.15, 0.2) is 6.07 Å². The van der Waals surface area contributed by atoms with E-state index in [0.717, 1.165) is 12.0 Å². The zero-order chi connectivity index (χ0) is 11.6. The molecule has 1 rings (SSSR count). The summed E-state index contributed by atoms with van der Waals surface area (Å²) in [6, 6.07) is 1.54. The molecule has 84 valence electrons. The van der Waals surface area contributed by atoms with Gasteiger partial charge in [-0.05, 0) is 34.9 Å². The lowest BCUT2D eigenvalue weighted by atomic mass is 9.96. The van der Waals surface area contributed by atoms with Crippen LogP contribution in [0.4, 0.5) is 0 Å². The molecule has 0 amide bonds. The van der Waals surface area contributed by atoms with Crippen molar-refractivity contribution in [2.45, 2.75) is 26.2 Å². The van der Waals surface area contributed by atoms with Crippen LogP contribution in [0.3, 0.4) is 0 Å². The van der Waals surface area contributed by atoms with E-state index in [0.29, 0.717) is 9.32 Å². The molecule has 1 aromatic carbocycles. The maximum Gasteiger partial charge on any atom is 0.139 e. The summed E-state index contributed by atoms with van der Waals surface area (Å²) in [5, 5.41) is 19.5. The van der Waals surface area contributed by atoms with Crippen LogP contribution in [0.5, 0.6) is 17.2 Å². The Bertz CT molecular complexity index is 363. The normalized spacial score (nSPS) is 12.5. The zero-order valence-corrected chi connectivity index (χ0v) is 11.2. The third-order valence-electron chi connectivity index (χ3n) is 2.55. The Kier molecular flexibility index (Phi) is 4.07. The number of ether oxygens (including phenoxy) is 1. The van der Waals surface area contributed by atoms with Crippen LogP contribution in [-0.4, -0.2) is 17.3 Å². The Morgan fingerprint density at radius 3 is 2.53 bits per heavy atom. The van der Waals surface area contributed by atoms with Crippen molar-refractivity contribution in [3.05, 3.63) is 15.2 Å². The minimum absolute atomic E-state index is 0.0528. The number of benzene rings is 1. The Morgan fingerprint density at radius 1 is 1.47 bits per heavy atom. The number of rotatable bonds is 3. The molecule has 0 saturated carbocycles. The van der Waals surface area contributed by atoms with Crippen molar-refractivity contribution in [2.75, 3.05) is 7.11 Å². The molecule has 3 nitrogen and oxygen atoms in total. The molecule has 1 unspecified atom stereocenters. The molecule has 1 atom stereocenters. The number of hydrogen-bond donors (Lipinski definition) is 2. The van der Waals surface area contributed by atoms with Gasteiger partial charge in [0.1, 0.15) is 17.2 Å². The predicted octanol–water partition coefficient (Wildman–Crippen LogP) is 3.22. The van der Waals surface area contributed by atoms with Crippen LogP contribution in [0.25, 0.3) is 0 Å². The SMILES string of the molecule is CCC(C)c1c(OC)cc(O)c(I)c1O. The van der Waals surface area contributed by atoms with Crippen LogP contribution in [0.2, 0.25) is 0 Å². The van der Waals surface area contributed by atoms with Crippen LogP contribution < -0.4 is 4.74 Å². The van der Waals surface area contributed by atoms with Crippen LogP contribution in [0.1, 0.15) is 31.7 Å². The molecule has 0 heterocycles. The second kappa shape index (κ2) is 4.92. The maximum atomic E-state index is 9.94. The van der Waals surface area contributed by atoms with Gasteiger partial charge in [-0.1, -0.05) is 13.8 Å². The molecule has 15 heavy (non-hydrogen) atoms. The van der Waals surface area contributed by atoms with Gasteiger partial charge < -0.3 is 14.9 Å². The second-order valence-corrected chi connectivity index (χ2v) is 4.56. The molecular formula is C11H15IO3. The first-order valence-electron chi connectivity index (χ1n) is 4.81. The second-order valence-electron chi connectivity index (χ2n) is 3.48. The molecule has 0 radical (unpaired) electrons. The number of phenols is 2. The Balaban J connectivity index is 3.40. The number of halogens is 1. The molecule has 0 fully saturated rings. The molecule has 1 aromatic rings. The number of hydrogen-bond acceptors (Lipinski definition) is 3. The lowest BCUT2D eigenvalue weighted by Gasteiger charge is -2.17. The fourth-order valence-electron chi connectivity index (χ4n) is 1.47. The molecule has 0 bridgehead atoms. The maximum absolute atomic E-state index is 9.94. The van der Waals surface area contributed by atoms with E-state index in [1.807, 2.05) is 36.4 Å². The summed E-state index contributed by atoms with van der Waals surface area (Å²) in [5.74, 6) is 0.924. The minimum atomic E-state index is 0.0528.